The van der Waals surface area contributed by atoms with Crippen molar-refractivity contribution in [1.29, 1.82) is 0 Å². The van der Waals surface area contributed by atoms with Crippen molar-refractivity contribution in [3.05, 3.63) is 63.6 Å². The van der Waals surface area contributed by atoms with E-state index in [1.54, 1.807) is 0 Å². The molecule has 0 heterocycles. The van der Waals surface area contributed by atoms with Crippen molar-refractivity contribution in [2.75, 3.05) is 6.61 Å². The minimum absolute atomic E-state index is 0.170. The highest BCUT2D eigenvalue weighted by Crippen LogP contribution is 2.37. The van der Waals surface area contributed by atoms with Crippen molar-refractivity contribution >= 4 is 31.9 Å². The normalized spacial score (nSPS) is 12.5. The lowest BCUT2D eigenvalue weighted by Crippen LogP contribution is -1.97. The van der Waals surface area contributed by atoms with Crippen LogP contribution in [0.3, 0.4) is 0 Å². The van der Waals surface area contributed by atoms with Crippen molar-refractivity contribution < 1.29 is 4.74 Å². The van der Waals surface area contributed by atoms with Crippen molar-refractivity contribution in [3.8, 4) is 5.75 Å². The molecule has 0 aliphatic carbocycles. The molecule has 2 rings (SSSR count). The van der Waals surface area contributed by atoms with Crippen molar-refractivity contribution in [2.45, 2.75) is 31.5 Å². The predicted molar refractivity (Wildman–Crippen MR) is 96.6 cm³/mol. The zero-order valence-corrected chi connectivity index (χ0v) is 15.7. The molecule has 2 aromatic rings. The highest BCUT2D eigenvalue weighted by molar-refractivity contribution is 9.11. The SMILES string of the molecule is CCOc1ccc(C(Br)c2ccc(C(C)C)cc2)c(Br)c1. The first-order valence-electron chi connectivity index (χ1n) is 7.19. The van der Waals surface area contributed by atoms with Gasteiger partial charge in [0.2, 0.25) is 0 Å². The summed E-state index contributed by atoms with van der Waals surface area (Å²) in [7, 11) is 0. The molecule has 3 heteroatoms. The van der Waals surface area contributed by atoms with E-state index in [0.29, 0.717) is 12.5 Å². The van der Waals surface area contributed by atoms with Gasteiger partial charge >= 0.3 is 0 Å². The van der Waals surface area contributed by atoms with Crippen LogP contribution in [-0.2, 0) is 0 Å². The van der Waals surface area contributed by atoms with E-state index in [0.717, 1.165) is 10.2 Å². The molecule has 0 N–H and O–H groups in total. The Kier molecular flexibility index (Phi) is 5.88. The van der Waals surface area contributed by atoms with Crippen LogP contribution in [0.4, 0.5) is 0 Å². The molecule has 1 nitrogen and oxygen atoms in total. The van der Waals surface area contributed by atoms with Crippen LogP contribution in [0.15, 0.2) is 46.9 Å². The summed E-state index contributed by atoms with van der Waals surface area (Å²) in [6.07, 6.45) is 0. The number of alkyl halides is 1. The van der Waals surface area contributed by atoms with Crippen LogP contribution in [-0.4, -0.2) is 6.61 Å². The van der Waals surface area contributed by atoms with Crippen molar-refractivity contribution in [3.63, 3.8) is 0 Å². The van der Waals surface area contributed by atoms with Crippen LogP contribution in [0.1, 0.15) is 48.2 Å². The molecular formula is C18H20Br2O. The molecule has 0 aliphatic heterocycles. The van der Waals surface area contributed by atoms with Crippen LogP contribution in [0, 0.1) is 0 Å². The van der Waals surface area contributed by atoms with E-state index in [1.165, 1.54) is 16.7 Å². The minimum Gasteiger partial charge on any atom is -0.494 e. The average molecular weight is 412 g/mol. The fourth-order valence-electron chi connectivity index (χ4n) is 2.20. The summed E-state index contributed by atoms with van der Waals surface area (Å²) in [5, 5.41) is 0. The monoisotopic (exact) mass is 410 g/mol. The lowest BCUT2D eigenvalue weighted by atomic mass is 9.99. The minimum atomic E-state index is 0.170. The molecule has 0 aliphatic rings. The van der Waals surface area contributed by atoms with Gasteiger partial charge in [-0.25, -0.2) is 0 Å². The highest BCUT2D eigenvalue weighted by atomic mass is 79.9. The Morgan fingerprint density at radius 2 is 1.62 bits per heavy atom. The molecule has 0 spiro atoms. The van der Waals surface area contributed by atoms with Gasteiger partial charge in [-0.2, -0.15) is 0 Å². The Balaban J connectivity index is 2.24. The molecular weight excluding hydrogens is 392 g/mol. The Morgan fingerprint density at radius 1 is 1.00 bits per heavy atom. The van der Waals surface area contributed by atoms with Crippen LogP contribution in [0.5, 0.6) is 5.75 Å². The highest BCUT2D eigenvalue weighted by Gasteiger charge is 2.14. The van der Waals surface area contributed by atoms with Gasteiger partial charge in [0.1, 0.15) is 5.75 Å². The number of halogens is 2. The van der Waals surface area contributed by atoms with E-state index < -0.39 is 0 Å². The molecule has 0 saturated carbocycles. The summed E-state index contributed by atoms with van der Waals surface area (Å²) >= 11 is 7.44. The molecule has 0 saturated heterocycles. The van der Waals surface area contributed by atoms with Gasteiger partial charge in [-0.05, 0) is 41.7 Å². The second kappa shape index (κ2) is 7.46. The van der Waals surface area contributed by atoms with Crippen molar-refractivity contribution in [2.24, 2.45) is 0 Å². The number of ether oxygens (including phenoxy) is 1. The largest absolute Gasteiger partial charge is 0.494 e. The summed E-state index contributed by atoms with van der Waals surface area (Å²) in [5.74, 6) is 1.45. The van der Waals surface area contributed by atoms with E-state index in [4.69, 9.17) is 4.74 Å². The summed E-state index contributed by atoms with van der Waals surface area (Å²) in [4.78, 5) is 0.170. The van der Waals surface area contributed by atoms with E-state index in [2.05, 4.69) is 76.0 Å². The quantitative estimate of drug-likeness (QED) is 0.513. The Hall–Kier alpha value is -0.800. The number of benzene rings is 2. The number of rotatable bonds is 5. The van der Waals surface area contributed by atoms with Crippen molar-refractivity contribution in [1.82, 2.24) is 0 Å². The van der Waals surface area contributed by atoms with Gasteiger partial charge in [0, 0.05) is 4.47 Å². The Bertz CT molecular complexity index is 591. The first-order valence-corrected chi connectivity index (χ1v) is 8.90. The Morgan fingerprint density at radius 3 is 2.14 bits per heavy atom. The lowest BCUT2D eigenvalue weighted by Gasteiger charge is -2.15. The molecule has 112 valence electrons. The van der Waals surface area contributed by atoms with E-state index in [1.807, 2.05) is 19.1 Å². The van der Waals surface area contributed by atoms with Crippen LogP contribution < -0.4 is 4.74 Å². The number of hydrogen-bond acceptors (Lipinski definition) is 1. The smallest absolute Gasteiger partial charge is 0.120 e. The zero-order valence-electron chi connectivity index (χ0n) is 12.6. The fourth-order valence-corrected chi connectivity index (χ4v) is 3.80. The second-order valence-electron chi connectivity index (χ2n) is 5.30. The maximum atomic E-state index is 5.52. The lowest BCUT2D eigenvalue weighted by molar-refractivity contribution is 0.340. The third kappa shape index (κ3) is 4.10. The van der Waals surface area contributed by atoms with E-state index in [9.17, 15) is 0 Å². The second-order valence-corrected chi connectivity index (χ2v) is 7.07. The zero-order chi connectivity index (χ0) is 15.4. The first-order chi connectivity index (χ1) is 10.0. The molecule has 0 radical (unpaired) electrons. The predicted octanol–water partition coefficient (Wildman–Crippen LogP) is 6.46. The summed E-state index contributed by atoms with van der Waals surface area (Å²) in [5.41, 5.74) is 3.82. The molecule has 0 aromatic heterocycles. The van der Waals surface area contributed by atoms with Gasteiger partial charge in [-0.15, -0.1) is 0 Å². The summed E-state index contributed by atoms with van der Waals surface area (Å²) < 4.78 is 6.58. The maximum absolute atomic E-state index is 5.52. The van der Waals surface area contributed by atoms with Crippen LogP contribution >= 0.6 is 31.9 Å². The molecule has 0 bridgehead atoms. The molecule has 1 atom stereocenters. The van der Waals surface area contributed by atoms with E-state index in [-0.39, 0.29) is 4.83 Å². The average Bonchev–Trinajstić information content (AvgIpc) is 2.47. The van der Waals surface area contributed by atoms with Crippen LogP contribution in [0.2, 0.25) is 0 Å². The first kappa shape index (κ1) is 16.6. The molecule has 0 fully saturated rings. The van der Waals surface area contributed by atoms with Crippen LogP contribution in [0.25, 0.3) is 0 Å². The third-order valence-electron chi connectivity index (χ3n) is 3.45. The van der Waals surface area contributed by atoms with E-state index >= 15 is 0 Å². The molecule has 21 heavy (non-hydrogen) atoms. The van der Waals surface area contributed by atoms with Gasteiger partial charge in [-0.3, -0.25) is 0 Å². The Labute approximate surface area is 144 Å². The topological polar surface area (TPSA) is 9.23 Å². The third-order valence-corrected chi connectivity index (χ3v) is 5.16. The summed E-state index contributed by atoms with van der Waals surface area (Å²) in [6.45, 7) is 7.10. The number of hydrogen-bond donors (Lipinski definition) is 0. The fraction of sp³-hybridized carbons (Fsp3) is 0.333. The van der Waals surface area contributed by atoms with Gasteiger partial charge in [0.05, 0.1) is 11.4 Å². The molecule has 2 aromatic carbocycles. The van der Waals surface area contributed by atoms with Gasteiger partial charge in [-0.1, -0.05) is 76.0 Å². The molecule has 1 unspecified atom stereocenters. The maximum Gasteiger partial charge on any atom is 0.120 e. The standard InChI is InChI=1S/C18H20Br2O/c1-4-21-15-9-10-16(17(19)11-15)18(20)14-7-5-13(6-8-14)12(2)3/h5-12,18H,4H2,1-3H3. The van der Waals surface area contributed by atoms with Gasteiger partial charge in [0.15, 0.2) is 0 Å². The summed E-state index contributed by atoms with van der Waals surface area (Å²) in [6, 6.07) is 14.9. The molecule has 0 amide bonds. The van der Waals surface area contributed by atoms with Gasteiger partial charge < -0.3 is 4.74 Å². The van der Waals surface area contributed by atoms with Gasteiger partial charge in [0.25, 0.3) is 0 Å².